The molecular weight excluding hydrogens is 314 g/mol. The van der Waals surface area contributed by atoms with E-state index in [1.807, 2.05) is 24.8 Å². The first-order valence-corrected chi connectivity index (χ1v) is 8.93. The Morgan fingerprint density at radius 2 is 1.68 bits per heavy atom. The van der Waals surface area contributed by atoms with Crippen LogP contribution < -0.4 is 0 Å². The molecular formula is C21H27NO3. The third kappa shape index (κ3) is 3.96. The van der Waals surface area contributed by atoms with Crippen molar-refractivity contribution in [2.24, 2.45) is 0 Å². The van der Waals surface area contributed by atoms with Gasteiger partial charge in [-0.3, -0.25) is 4.79 Å². The van der Waals surface area contributed by atoms with Crippen molar-refractivity contribution < 1.29 is 13.9 Å². The zero-order valence-corrected chi connectivity index (χ0v) is 15.8. The molecule has 0 radical (unpaired) electrons. The quantitative estimate of drug-likeness (QED) is 0.846. The van der Waals surface area contributed by atoms with Crippen LogP contribution in [0.3, 0.4) is 0 Å². The van der Waals surface area contributed by atoms with Gasteiger partial charge in [0, 0.05) is 19.5 Å². The fourth-order valence-electron chi connectivity index (χ4n) is 3.75. The number of rotatable bonds is 3. The van der Waals surface area contributed by atoms with Crippen molar-refractivity contribution in [2.45, 2.75) is 53.2 Å². The minimum Gasteiger partial charge on any atom is -0.456 e. The number of morpholine rings is 1. The zero-order chi connectivity index (χ0) is 18.1. The van der Waals surface area contributed by atoms with Gasteiger partial charge in [-0.25, -0.2) is 0 Å². The number of aryl methyl sites for hydroxylation is 3. The van der Waals surface area contributed by atoms with E-state index < -0.39 is 0 Å². The van der Waals surface area contributed by atoms with Gasteiger partial charge >= 0.3 is 0 Å². The molecule has 2 atom stereocenters. The molecule has 4 nitrogen and oxygen atoms in total. The fourth-order valence-corrected chi connectivity index (χ4v) is 3.75. The third-order valence-corrected chi connectivity index (χ3v) is 4.77. The molecule has 1 saturated heterocycles. The van der Waals surface area contributed by atoms with Gasteiger partial charge < -0.3 is 14.1 Å². The largest absolute Gasteiger partial charge is 0.456 e. The number of furan rings is 1. The second kappa shape index (κ2) is 7.04. The number of carbonyl (C=O) groups is 1. The van der Waals surface area contributed by atoms with Gasteiger partial charge in [-0.15, -0.1) is 0 Å². The highest BCUT2D eigenvalue weighted by Gasteiger charge is 2.28. The highest BCUT2D eigenvalue weighted by Crippen LogP contribution is 2.22. The molecule has 0 bridgehead atoms. The van der Waals surface area contributed by atoms with Gasteiger partial charge in [0.15, 0.2) is 5.76 Å². The lowest BCUT2D eigenvalue weighted by atomic mass is 9.97. The molecule has 1 fully saturated rings. The number of hydrogen-bond acceptors (Lipinski definition) is 3. The molecule has 1 aromatic carbocycles. The summed E-state index contributed by atoms with van der Waals surface area (Å²) in [5.41, 5.74) is 5.06. The van der Waals surface area contributed by atoms with Crippen LogP contribution >= 0.6 is 0 Å². The van der Waals surface area contributed by atoms with E-state index >= 15 is 0 Å². The van der Waals surface area contributed by atoms with Crippen molar-refractivity contribution in [3.05, 3.63) is 58.0 Å². The molecule has 1 aliphatic rings. The fraction of sp³-hybridized carbons (Fsp3) is 0.476. The molecule has 0 spiro atoms. The van der Waals surface area contributed by atoms with E-state index in [0.29, 0.717) is 25.3 Å². The highest BCUT2D eigenvalue weighted by atomic mass is 16.5. The first kappa shape index (κ1) is 17.7. The van der Waals surface area contributed by atoms with Crippen molar-refractivity contribution in [1.29, 1.82) is 0 Å². The smallest absolute Gasteiger partial charge is 0.289 e. The maximum Gasteiger partial charge on any atom is 0.289 e. The minimum absolute atomic E-state index is 0.0504. The van der Waals surface area contributed by atoms with Crippen LogP contribution in [-0.2, 0) is 11.2 Å². The molecule has 2 heterocycles. The summed E-state index contributed by atoms with van der Waals surface area (Å²) in [6, 6.07) is 8.09. The maximum absolute atomic E-state index is 12.7. The van der Waals surface area contributed by atoms with Crippen LogP contribution in [-0.4, -0.2) is 36.1 Å². The third-order valence-electron chi connectivity index (χ3n) is 4.77. The van der Waals surface area contributed by atoms with Crippen molar-refractivity contribution in [3.63, 3.8) is 0 Å². The maximum atomic E-state index is 12.7. The van der Waals surface area contributed by atoms with Crippen LogP contribution in [0.15, 0.2) is 28.7 Å². The first-order valence-electron chi connectivity index (χ1n) is 8.93. The molecule has 3 rings (SSSR count). The van der Waals surface area contributed by atoms with E-state index in [-0.39, 0.29) is 18.1 Å². The topological polar surface area (TPSA) is 42.7 Å². The molecule has 0 aliphatic carbocycles. The van der Waals surface area contributed by atoms with Crippen molar-refractivity contribution in [2.75, 3.05) is 13.1 Å². The Morgan fingerprint density at radius 3 is 2.28 bits per heavy atom. The number of amides is 1. The summed E-state index contributed by atoms with van der Waals surface area (Å²) >= 11 is 0. The number of nitrogens with zero attached hydrogens (tertiary/aromatic N) is 1. The molecule has 1 amide bonds. The van der Waals surface area contributed by atoms with E-state index in [9.17, 15) is 4.79 Å². The summed E-state index contributed by atoms with van der Waals surface area (Å²) in [5.74, 6) is 1.19. The number of benzene rings is 1. The Morgan fingerprint density at radius 1 is 1.08 bits per heavy atom. The van der Waals surface area contributed by atoms with Gasteiger partial charge in [-0.05, 0) is 63.4 Å². The van der Waals surface area contributed by atoms with Crippen LogP contribution in [0.25, 0.3) is 0 Å². The van der Waals surface area contributed by atoms with Crippen molar-refractivity contribution >= 4 is 5.91 Å². The summed E-state index contributed by atoms with van der Waals surface area (Å²) in [6.45, 7) is 11.6. The second-order valence-electron chi connectivity index (χ2n) is 7.29. The van der Waals surface area contributed by atoms with E-state index in [0.717, 1.165) is 5.76 Å². The summed E-state index contributed by atoms with van der Waals surface area (Å²) in [7, 11) is 0. The molecule has 2 unspecified atom stereocenters. The van der Waals surface area contributed by atoms with Crippen LogP contribution in [0, 0.1) is 20.8 Å². The van der Waals surface area contributed by atoms with Gasteiger partial charge in [-0.2, -0.15) is 0 Å². The predicted octanol–water partition coefficient (Wildman–Crippen LogP) is 4.05. The molecule has 1 aromatic heterocycles. The van der Waals surface area contributed by atoms with Crippen molar-refractivity contribution in [3.8, 4) is 0 Å². The zero-order valence-electron chi connectivity index (χ0n) is 15.8. The van der Waals surface area contributed by atoms with Gasteiger partial charge in [0.2, 0.25) is 0 Å². The lowest BCUT2D eigenvalue weighted by molar-refractivity contribution is -0.0592. The van der Waals surface area contributed by atoms with Crippen LogP contribution in [0.2, 0.25) is 0 Å². The van der Waals surface area contributed by atoms with Crippen LogP contribution in [0.4, 0.5) is 0 Å². The average molecular weight is 341 g/mol. The van der Waals surface area contributed by atoms with Crippen LogP contribution in [0.1, 0.15) is 52.4 Å². The van der Waals surface area contributed by atoms with Gasteiger partial charge in [0.1, 0.15) is 5.76 Å². The molecule has 2 aromatic rings. The Bertz CT molecular complexity index is 744. The summed E-state index contributed by atoms with van der Waals surface area (Å²) in [4.78, 5) is 14.5. The Balaban J connectivity index is 1.75. The van der Waals surface area contributed by atoms with E-state index in [1.54, 1.807) is 6.07 Å². The Kier molecular flexibility index (Phi) is 5.00. The molecule has 0 N–H and O–H groups in total. The second-order valence-corrected chi connectivity index (χ2v) is 7.29. The van der Waals surface area contributed by atoms with Crippen LogP contribution in [0.5, 0.6) is 0 Å². The Labute approximate surface area is 149 Å². The molecule has 25 heavy (non-hydrogen) atoms. The lowest BCUT2D eigenvalue weighted by Gasteiger charge is -2.34. The molecule has 134 valence electrons. The summed E-state index contributed by atoms with van der Waals surface area (Å²) < 4.78 is 11.6. The van der Waals surface area contributed by atoms with E-state index in [4.69, 9.17) is 9.15 Å². The molecule has 4 heteroatoms. The SMILES string of the molecule is Cc1cc(C)c(Cc2ccc(C(=O)N3CC(C)OC(C)C3)o2)c(C)c1. The normalized spacial score (nSPS) is 20.8. The van der Waals surface area contributed by atoms with Gasteiger partial charge in [0.25, 0.3) is 5.91 Å². The first-order chi connectivity index (χ1) is 11.8. The van der Waals surface area contributed by atoms with Gasteiger partial charge in [-0.1, -0.05) is 17.7 Å². The summed E-state index contributed by atoms with van der Waals surface area (Å²) in [5, 5.41) is 0. The monoisotopic (exact) mass is 341 g/mol. The van der Waals surface area contributed by atoms with Gasteiger partial charge in [0.05, 0.1) is 12.2 Å². The number of carbonyl (C=O) groups excluding carboxylic acids is 1. The Hall–Kier alpha value is -2.07. The number of ether oxygens (including phenoxy) is 1. The highest BCUT2D eigenvalue weighted by molar-refractivity contribution is 5.91. The average Bonchev–Trinajstić information content (AvgIpc) is 2.97. The molecule has 0 saturated carbocycles. The van der Waals surface area contributed by atoms with E-state index in [1.165, 1.54) is 22.3 Å². The van der Waals surface area contributed by atoms with Crippen molar-refractivity contribution in [1.82, 2.24) is 4.90 Å². The molecule has 1 aliphatic heterocycles. The standard InChI is InChI=1S/C21H27NO3/c1-13-8-14(2)19(15(3)9-13)10-18-6-7-20(25-18)21(23)22-11-16(4)24-17(5)12-22/h6-9,16-17H,10-12H2,1-5H3. The summed E-state index contributed by atoms with van der Waals surface area (Å²) in [6.07, 6.45) is 0.821. The van der Waals surface area contributed by atoms with E-state index in [2.05, 4.69) is 32.9 Å². The predicted molar refractivity (Wildman–Crippen MR) is 98.1 cm³/mol. The lowest BCUT2D eigenvalue weighted by Crippen LogP contribution is -2.48. The number of hydrogen-bond donors (Lipinski definition) is 0. The minimum atomic E-state index is -0.0504.